The topological polar surface area (TPSA) is 72.8 Å². The van der Waals surface area contributed by atoms with Crippen LogP contribution in [-0.4, -0.2) is 37.4 Å². The molecule has 5 nitrogen and oxygen atoms in total. The first-order valence-electron chi connectivity index (χ1n) is 4.93. The van der Waals surface area contributed by atoms with Crippen molar-refractivity contribution in [2.75, 3.05) is 20.3 Å². The lowest BCUT2D eigenvalue weighted by molar-refractivity contribution is -0.141. The molecule has 0 radical (unpaired) electrons. The van der Waals surface area contributed by atoms with Gasteiger partial charge in [0.15, 0.2) is 0 Å². The first-order chi connectivity index (χ1) is 7.82. The molecule has 0 atom stereocenters. The molecular formula is C12H20O5. The maximum atomic E-state index is 10.6. The van der Waals surface area contributed by atoms with E-state index in [4.69, 9.17) is 9.84 Å². The highest BCUT2D eigenvalue weighted by molar-refractivity contribution is 5.81. The summed E-state index contributed by atoms with van der Waals surface area (Å²) in [5.74, 6) is -0.846. The Balaban J connectivity index is 0. The largest absolute Gasteiger partial charge is 0.466 e. The molecule has 0 spiro atoms. The molecule has 0 aliphatic rings. The monoisotopic (exact) mass is 244 g/mol. The molecule has 5 heteroatoms. The number of hydrogen-bond donors (Lipinski definition) is 1. The van der Waals surface area contributed by atoms with E-state index >= 15 is 0 Å². The molecule has 98 valence electrons. The first-order valence-corrected chi connectivity index (χ1v) is 4.93. The van der Waals surface area contributed by atoms with Crippen LogP contribution < -0.4 is 0 Å². The van der Waals surface area contributed by atoms with Crippen molar-refractivity contribution in [1.29, 1.82) is 0 Å². The Labute approximate surface area is 102 Å². The zero-order chi connectivity index (χ0) is 13.9. The summed E-state index contributed by atoms with van der Waals surface area (Å²) in [5, 5.41) is 8.76. The van der Waals surface area contributed by atoms with Crippen LogP contribution in [-0.2, 0) is 19.1 Å². The molecule has 0 heterocycles. The highest BCUT2D eigenvalue weighted by Crippen LogP contribution is 2.13. The number of esters is 2. The lowest BCUT2D eigenvalue weighted by Crippen LogP contribution is -2.24. The van der Waals surface area contributed by atoms with Crippen LogP contribution in [0.2, 0.25) is 0 Å². The third-order valence-electron chi connectivity index (χ3n) is 1.57. The zero-order valence-corrected chi connectivity index (χ0v) is 10.6. The summed E-state index contributed by atoms with van der Waals surface area (Å²) in [5.41, 5.74) is -0.362. The molecule has 0 aromatic rings. The van der Waals surface area contributed by atoms with Crippen LogP contribution in [0.25, 0.3) is 0 Å². The van der Waals surface area contributed by atoms with Gasteiger partial charge in [0.25, 0.3) is 0 Å². The summed E-state index contributed by atoms with van der Waals surface area (Å²) in [6.07, 6.45) is 2.22. The van der Waals surface area contributed by atoms with Crippen LogP contribution in [0, 0.1) is 5.41 Å². The van der Waals surface area contributed by atoms with Crippen molar-refractivity contribution in [3.63, 3.8) is 0 Å². The average molecular weight is 244 g/mol. The molecule has 17 heavy (non-hydrogen) atoms. The second kappa shape index (κ2) is 9.59. The van der Waals surface area contributed by atoms with Crippen LogP contribution in [0.1, 0.15) is 13.8 Å². The summed E-state index contributed by atoms with van der Waals surface area (Å²) in [6.45, 7) is 10.2. The molecular weight excluding hydrogens is 224 g/mol. The number of carbonyl (C=O) groups excluding carboxylic acids is 2. The van der Waals surface area contributed by atoms with E-state index in [1.165, 1.54) is 7.11 Å². The van der Waals surface area contributed by atoms with Crippen molar-refractivity contribution in [3.05, 3.63) is 25.3 Å². The standard InChI is InChI=1S/C8H14O3.C4H6O2/c1-4-7(10)11-6-8(2,3)5-9;1-3-4(5)6-2/h4,9H,1,5-6H2,2-3H3;3H,1H2,2H3. The van der Waals surface area contributed by atoms with Gasteiger partial charge < -0.3 is 14.6 Å². The Kier molecular flexibility index (Phi) is 10.0. The van der Waals surface area contributed by atoms with Crippen molar-refractivity contribution >= 4 is 11.9 Å². The average Bonchev–Trinajstić information content (AvgIpc) is 2.35. The molecule has 0 aromatic heterocycles. The van der Waals surface area contributed by atoms with Gasteiger partial charge in [0.05, 0.1) is 20.3 Å². The van der Waals surface area contributed by atoms with Crippen molar-refractivity contribution in [3.8, 4) is 0 Å². The van der Waals surface area contributed by atoms with Gasteiger partial charge in [-0.1, -0.05) is 27.0 Å². The zero-order valence-electron chi connectivity index (χ0n) is 10.6. The van der Waals surface area contributed by atoms with Gasteiger partial charge in [-0.05, 0) is 0 Å². The Morgan fingerprint density at radius 1 is 1.24 bits per heavy atom. The fourth-order valence-electron chi connectivity index (χ4n) is 0.454. The van der Waals surface area contributed by atoms with Crippen LogP contribution in [0.3, 0.4) is 0 Å². The lowest BCUT2D eigenvalue weighted by Gasteiger charge is -2.20. The number of aliphatic hydroxyl groups excluding tert-OH is 1. The van der Waals surface area contributed by atoms with E-state index in [-0.39, 0.29) is 18.6 Å². The van der Waals surface area contributed by atoms with Gasteiger partial charge in [0, 0.05) is 17.6 Å². The Morgan fingerprint density at radius 3 is 1.94 bits per heavy atom. The normalized spacial score (nSPS) is 9.41. The molecule has 0 aliphatic heterocycles. The molecule has 0 saturated carbocycles. The summed E-state index contributed by atoms with van der Waals surface area (Å²) >= 11 is 0. The maximum absolute atomic E-state index is 10.6. The van der Waals surface area contributed by atoms with Crippen molar-refractivity contribution < 1.29 is 24.2 Å². The molecule has 0 saturated heterocycles. The maximum Gasteiger partial charge on any atom is 0.330 e. The third-order valence-corrected chi connectivity index (χ3v) is 1.57. The minimum absolute atomic E-state index is 0.00256. The quantitative estimate of drug-likeness (QED) is 0.578. The van der Waals surface area contributed by atoms with E-state index in [1.54, 1.807) is 0 Å². The van der Waals surface area contributed by atoms with E-state index in [2.05, 4.69) is 17.9 Å². The van der Waals surface area contributed by atoms with E-state index in [9.17, 15) is 9.59 Å². The second-order valence-electron chi connectivity index (χ2n) is 3.86. The fourth-order valence-corrected chi connectivity index (χ4v) is 0.454. The molecule has 0 amide bonds. The van der Waals surface area contributed by atoms with Gasteiger partial charge in [-0.15, -0.1) is 0 Å². The molecule has 0 fully saturated rings. The Hall–Kier alpha value is -1.62. The number of methoxy groups -OCH3 is 1. The minimum Gasteiger partial charge on any atom is -0.466 e. The Bertz CT molecular complexity index is 268. The number of carbonyl (C=O) groups is 2. The predicted octanol–water partition coefficient (Wildman–Crippen LogP) is 1.08. The second-order valence-corrected chi connectivity index (χ2v) is 3.86. The summed E-state index contributed by atoms with van der Waals surface area (Å²) in [4.78, 5) is 20.4. The van der Waals surface area contributed by atoms with Gasteiger partial charge >= 0.3 is 11.9 Å². The van der Waals surface area contributed by atoms with Gasteiger partial charge in [0.2, 0.25) is 0 Å². The molecule has 0 unspecified atom stereocenters. The number of hydrogen-bond acceptors (Lipinski definition) is 5. The fraction of sp³-hybridized carbons (Fsp3) is 0.500. The highest BCUT2D eigenvalue weighted by atomic mass is 16.5. The molecule has 0 bridgehead atoms. The summed E-state index contributed by atoms with van der Waals surface area (Å²) in [6, 6.07) is 0. The summed E-state index contributed by atoms with van der Waals surface area (Å²) < 4.78 is 8.87. The molecule has 0 aromatic carbocycles. The van der Waals surface area contributed by atoms with E-state index < -0.39 is 11.9 Å². The van der Waals surface area contributed by atoms with Crippen molar-refractivity contribution in [1.82, 2.24) is 0 Å². The number of rotatable bonds is 5. The van der Waals surface area contributed by atoms with Crippen LogP contribution in [0.4, 0.5) is 0 Å². The number of ether oxygens (including phenoxy) is 2. The SMILES string of the molecule is C=CC(=O)OC.C=CC(=O)OCC(C)(C)CO. The van der Waals surface area contributed by atoms with Crippen LogP contribution in [0.15, 0.2) is 25.3 Å². The molecule has 0 aliphatic carbocycles. The van der Waals surface area contributed by atoms with Gasteiger partial charge in [-0.25, -0.2) is 9.59 Å². The van der Waals surface area contributed by atoms with E-state index in [0.29, 0.717) is 0 Å². The minimum atomic E-state index is -0.452. The first kappa shape index (κ1) is 17.8. The van der Waals surface area contributed by atoms with Crippen LogP contribution >= 0.6 is 0 Å². The molecule has 0 rings (SSSR count). The van der Waals surface area contributed by atoms with Gasteiger partial charge in [-0.2, -0.15) is 0 Å². The molecule has 1 N–H and O–H groups in total. The predicted molar refractivity (Wildman–Crippen MR) is 64.2 cm³/mol. The van der Waals surface area contributed by atoms with Crippen LogP contribution in [0.5, 0.6) is 0 Å². The van der Waals surface area contributed by atoms with Crippen molar-refractivity contribution in [2.45, 2.75) is 13.8 Å². The van der Waals surface area contributed by atoms with Gasteiger partial charge in [0.1, 0.15) is 0 Å². The van der Waals surface area contributed by atoms with Crippen molar-refractivity contribution in [2.24, 2.45) is 5.41 Å². The third kappa shape index (κ3) is 12.3. The lowest BCUT2D eigenvalue weighted by atomic mass is 9.97. The highest BCUT2D eigenvalue weighted by Gasteiger charge is 2.17. The Morgan fingerprint density at radius 2 is 1.71 bits per heavy atom. The van der Waals surface area contributed by atoms with Gasteiger partial charge in [-0.3, -0.25) is 0 Å². The summed E-state index contributed by atoms with van der Waals surface area (Å²) in [7, 11) is 1.31. The number of aliphatic hydroxyl groups is 1. The van der Waals surface area contributed by atoms with E-state index in [1.807, 2.05) is 13.8 Å². The smallest absolute Gasteiger partial charge is 0.330 e. The van der Waals surface area contributed by atoms with E-state index in [0.717, 1.165) is 12.2 Å².